The van der Waals surface area contributed by atoms with Crippen LogP contribution in [0.5, 0.6) is 0 Å². The highest BCUT2D eigenvalue weighted by atomic mass is 79.9. The van der Waals surface area contributed by atoms with Crippen molar-refractivity contribution in [2.45, 2.75) is 27.2 Å². The molecule has 0 aliphatic heterocycles. The summed E-state index contributed by atoms with van der Waals surface area (Å²) < 4.78 is 27.1. The predicted molar refractivity (Wildman–Crippen MR) is 80.6 cm³/mol. The number of rotatable bonds is 4. The average molecular weight is 355 g/mol. The van der Waals surface area contributed by atoms with Crippen LogP contribution in [0.3, 0.4) is 0 Å². The lowest BCUT2D eigenvalue weighted by atomic mass is 9.94. The van der Waals surface area contributed by atoms with E-state index in [4.69, 9.17) is 11.6 Å². The average Bonchev–Trinajstić information content (AvgIpc) is 2.20. The van der Waals surface area contributed by atoms with Gasteiger partial charge in [-0.05, 0) is 30.0 Å². The molecule has 1 aromatic rings. The van der Waals surface area contributed by atoms with Crippen molar-refractivity contribution in [1.82, 2.24) is 0 Å². The summed E-state index contributed by atoms with van der Waals surface area (Å²) in [4.78, 5) is 0. The third-order valence-electron chi connectivity index (χ3n) is 2.31. The summed E-state index contributed by atoms with van der Waals surface area (Å²) in [7, 11) is -3.36. The number of anilines is 1. The third-order valence-corrected chi connectivity index (χ3v) is 4.41. The number of nitrogens with one attached hydrogen (secondary N) is 1. The smallest absolute Gasteiger partial charge is 0.232 e. The Morgan fingerprint density at radius 1 is 1.33 bits per heavy atom. The molecule has 0 atom stereocenters. The predicted octanol–water partition coefficient (Wildman–Crippen LogP) is 4.28. The topological polar surface area (TPSA) is 46.2 Å². The van der Waals surface area contributed by atoms with Gasteiger partial charge in [0.25, 0.3) is 0 Å². The van der Waals surface area contributed by atoms with Crippen molar-refractivity contribution in [2.75, 3.05) is 10.5 Å². The molecule has 0 amide bonds. The standard InChI is InChI=1S/C12H17BrClNO2S/c1-12(2,3)6-7-18(16,17)15-11-8-9(13)4-5-10(11)14/h4-5,8,15H,6-7H2,1-3H3. The van der Waals surface area contributed by atoms with E-state index in [0.29, 0.717) is 17.1 Å². The summed E-state index contributed by atoms with van der Waals surface area (Å²) in [5, 5.41) is 0.387. The van der Waals surface area contributed by atoms with Gasteiger partial charge in [-0.1, -0.05) is 48.3 Å². The molecule has 0 unspecified atom stereocenters. The molecule has 18 heavy (non-hydrogen) atoms. The van der Waals surface area contributed by atoms with Crippen LogP contribution in [0.2, 0.25) is 5.02 Å². The van der Waals surface area contributed by atoms with E-state index in [1.807, 2.05) is 20.8 Å². The fourth-order valence-corrected chi connectivity index (χ4v) is 3.30. The quantitative estimate of drug-likeness (QED) is 0.877. The molecular formula is C12H17BrClNO2S. The van der Waals surface area contributed by atoms with Crippen molar-refractivity contribution in [3.8, 4) is 0 Å². The highest BCUT2D eigenvalue weighted by molar-refractivity contribution is 9.10. The van der Waals surface area contributed by atoms with Crippen LogP contribution >= 0.6 is 27.5 Å². The molecular weight excluding hydrogens is 338 g/mol. The van der Waals surface area contributed by atoms with Gasteiger partial charge in [-0.2, -0.15) is 0 Å². The van der Waals surface area contributed by atoms with Gasteiger partial charge in [0.2, 0.25) is 10.0 Å². The summed E-state index contributed by atoms with van der Waals surface area (Å²) in [5.74, 6) is 0.0827. The van der Waals surface area contributed by atoms with E-state index < -0.39 is 10.0 Å². The van der Waals surface area contributed by atoms with E-state index in [2.05, 4.69) is 20.7 Å². The maximum absolute atomic E-state index is 11.9. The zero-order valence-corrected chi connectivity index (χ0v) is 13.8. The molecule has 0 saturated heterocycles. The Balaban J connectivity index is 2.80. The van der Waals surface area contributed by atoms with Crippen LogP contribution in [0.25, 0.3) is 0 Å². The highest BCUT2D eigenvalue weighted by Crippen LogP contribution is 2.27. The van der Waals surface area contributed by atoms with Crippen molar-refractivity contribution in [1.29, 1.82) is 0 Å². The molecule has 0 heterocycles. The Morgan fingerprint density at radius 3 is 2.50 bits per heavy atom. The van der Waals surface area contributed by atoms with Crippen molar-refractivity contribution in [3.05, 3.63) is 27.7 Å². The van der Waals surface area contributed by atoms with Gasteiger partial charge in [0, 0.05) is 4.47 Å². The molecule has 0 aromatic heterocycles. The normalized spacial score (nSPS) is 12.5. The molecule has 0 radical (unpaired) electrons. The molecule has 0 bridgehead atoms. The molecule has 6 heteroatoms. The molecule has 1 N–H and O–H groups in total. The van der Waals surface area contributed by atoms with Gasteiger partial charge in [0.05, 0.1) is 16.5 Å². The minimum atomic E-state index is -3.36. The second-order valence-corrected chi connectivity index (χ2v) is 8.52. The van der Waals surface area contributed by atoms with Crippen molar-refractivity contribution in [2.24, 2.45) is 5.41 Å². The molecule has 102 valence electrons. The molecule has 0 aliphatic carbocycles. The fraction of sp³-hybridized carbons (Fsp3) is 0.500. The molecule has 0 spiro atoms. The van der Waals surface area contributed by atoms with E-state index in [-0.39, 0.29) is 11.2 Å². The molecule has 0 aliphatic rings. The van der Waals surface area contributed by atoms with Gasteiger partial charge in [0.15, 0.2) is 0 Å². The lowest BCUT2D eigenvalue weighted by Crippen LogP contribution is -2.21. The summed E-state index contributed by atoms with van der Waals surface area (Å²) in [5.41, 5.74) is 0.385. The van der Waals surface area contributed by atoms with Crippen LogP contribution < -0.4 is 4.72 Å². The van der Waals surface area contributed by atoms with Crippen molar-refractivity contribution < 1.29 is 8.42 Å². The lowest BCUT2D eigenvalue weighted by Gasteiger charge is -2.18. The molecule has 1 aromatic carbocycles. The maximum Gasteiger partial charge on any atom is 0.232 e. The van der Waals surface area contributed by atoms with Crippen LogP contribution in [0.4, 0.5) is 5.69 Å². The monoisotopic (exact) mass is 353 g/mol. The maximum atomic E-state index is 11.9. The first kappa shape index (κ1) is 15.8. The minimum absolute atomic E-state index is 0.0180. The summed E-state index contributed by atoms with van der Waals surface area (Å²) >= 11 is 9.23. The number of hydrogen-bond acceptors (Lipinski definition) is 2. The van der Waals surface area contributed by atoms with Crippen molar-refractivity contribution in [3.63, 3.8) is 0 Å². The molecule has 1 rings (SSSR count). The van der Waals surface area contributed by atoms with Crippen molar-refractivity contribution >= 4 is 43.2 Å². The second kappa shape index (κ2) is 5.80. The molecule has 3 nitrogen and oxygen atoms in total. The fourth-order valence-electron chi connectivity index (χ4n) is 1.23. The minimum Gasteiger partial charge on any atom is -0.282 e. The van der Waals surface area contributed by atoms with E-state index in [0.717, 1.165) is 4.47 Å². The van der Waals surface area contributed by atoms with Crippen LogP contribution in [-0.2, 0) is 10.0 Å². The number of halogens is 2. The Morgan fingerprint density at radius 2 is 1.94 bits per heavy atom. The van der Waals surface area contributed by atoms with Crippen LogP contribution in [0.15, 0.2) is 22.7 Å². The lowest BCUT2D eigenvalue weighted by molar-refractivity contribution is 0.397. The molecule has 0 fully saturated rings. The highest BCUT2D eigenvalue weighted by Gasteiger charge is 2.18. The number of sulfonamides is 1. The van der Waals surface area contributed by atoms with E-state index in [9.17, 15) is 8.42 Å². The zero-order valence-electron chi connectivity index (χ0n) is 10.6. The summed E-state index contributed by atoms with van der Waals surface area (Å²) in [6.45, 7) is 6.03. The first-order valence-electron chi connectivity index (χ1n) is 5.55. The van der Waals surface area contributed by atoms with Gasteiger partial charge in [-0.15, -0.1) is 0 Å². The van der Waals surface area contributed by atoms with Gasteiger partial charge in [-0.25, -0.2) is 8.42 Å². The third kappa shape index (κ3) is 5.59. The van der Waals surface area contributed by atoms with E-state index in [1.165, 1.54) is 0 Å². The van der Waals surface area contributed by atoms with Gasteiger partial charge in [0.1, 0.15) is 0 Å². The first-order valence-corrected chi connectivity index (χ1v) is 8.37. The van der Waals surface area contributed by atoms with Gasteiger partial charge >= 0.3 is 0 Å². The Bertz CT molecular complexity index is 523. The number of benzene rings is 1. The van der Waals surface area contributed by atoms with Crippen LogP contribution in [-0.4, -0.2) is 14.2 Å². The number of hydrogen-bond donors (Lipinski definition) is 1. The largest absolute Gasteiger partial charge is 0.282 e. The first-order chi connectivity index (χ1) is 8.09. The second-order valence-electron chi connectivity index (χ2n) is 5.36. The Labute approximate surface area is 122 Å². The zero-order chi connectivity index (χ0) is 14.0. The van der Waals surface area contributed by atoms with Crippen LogP contribution in [0.1, 0.15) is 27.2 Å². The Hall–Kier alpha value is -0.260. The SMILES string of the molecule is CC(C)(C)CCS(=O)(=O)Nc1cc(Br)ccc1Cl. The van der Waals surface area contributed by atoms with Gasteiger partial charge in [-0.3, -0.25) is 4.72 Å². The summed E-state index contributed by atoms with van der Waals surface area (Å²) in [6, 6.07) is 5.06. The summed E-state index contributed by atoms with van der Waals surface area (Å²) in [6.07, 6.45) is 0.591. The van der Waals surface area contributed by atoms with Gasteiger partial charge < -0.3 is 0 Å². The van der Waals surface area contributed by atoms with Crippen LogP contribution in [0, 0.1) is 5.41 Å². The van der Waals surface area contributed by atoms with E-state index in [1.54, 1.807) is 18.2 Å². The van der Waals surface area contributed by atoms with E-state index >= 15 is 0 Å². The Kier molecular flexibility index (Phi) is 5.09. The molecule has 0 saturated carbocycles.